The Morgan fingerprint density at radius 1 is 1.18 bits per heavy atom. The lowest BCUT2D eigenvalue weighted by Gasteiger charge is -2.29. The third-order valence-corrected chi connectivity index (χ3v) is 3.20. The molecule has 92 valence electrons. The van der Waals surface area contributed by atoms with Gasteiger partial charge in [-0.2, -0.15) is 0 Å². The molecule has 0 spiro atoms. The Kier molecular flexibility index (Phi) is 4.26. The number of amides is 2. The third-order valence-electron chi connectivity index (χ3n) is 3.20. The highest BCUT2D eigenvalue weighted by atomic mass is 16.1. The van der Waals surface area contributed by atoms with E-state index in [4.69, 9.17) is 11.5 Å². The van der Waals surface area contributed by atoms with Crippen LogP contribution in [0.1, 0.15) is 31.7 Å². The van der Waals surface area contributed by atoms with Crippen LogP contribution in [-0.2, 0) is 15.0 Å². The van der Waals surface area contributed by atoms with Crippen molar-refractivity contribution in [2.75, 3.05) is 0 Å². The second-order valence-electron chi connectivity index (χ2n) is 4.13. The second kappa shape index (κ2) is 5.48. The molecule has 1 rings (SSSR count). The van der Waals surface area contributed by atoms with E-state index in [1.54, 1.807) is 0 Å². The van der Waals surface area contributed by atoms with E-state index in [0.717, 1.165) is 5.56 Å². The molecule has 1 aromatic carbocycles. The van der Waals surface area contributed by atoms with Gasteiger partial charge in [-0.15, -0.1) is 0 Å². The van der Waals surface area contributed by atoms with Crippen molar-refractivity contribution in [1.82, 2.24) is 0 Å². The van der Waals surface area contributed by atoms with Crippen molar-refractivity contribution in [3.8, 4) is 0 Å². The van der Waals surface area contributed by atoms with Crippen LogP contribution in [0, 0.1) is 0 Å². The minimum Gasteiger partial charge on any atom is -0.370 e. The Bertz CT molecular complexity index is 403. The van der Waals surface area contributed by atoms with E-state index in [2.05, 4.69) is 0 Å². The van der Waals surface area contributed by atoms with Crippen LogP contribution in [0.25, 0.3) is 0 Å². The van der Waals surface area contributed by atoms with E-state index in [9.17, 15) is 9.59 Å². The average Bonchev–Trinajstić information content (AvgIpc) is 2.31. The summed E-state index contributed by atoms with van der Waals surface area (Å²) in [5.41, 5.74) is 10.7. The van der Waals surface area contributed by atoms with Crippen molar-refractivity contribution in [3.63, 3.8) is 0 Å². The van der Waals surface area contributed by atoms with Gasteiger partial charge in [-0.05, 0) is 18.4 Å². The molecule has 0 aliphatic carbocycles. The molecule has 2 amide bonds. The first-order valence-corrected chi connectivity index (χ1v) is 5.66. The zero-order valence-electron chi connectivity index (χ0n) is 9.98. The number of nitrogens with two attached hydrogens (primary N) is 2. The maximum Gasteiger partial charge on any atom is 0.228 e. The molecule has 0 aliphatic heterocycles. The molecule has 17 heavy (non-hydrogen) atoms. The lowest BCUT2D eigenvalue weighted by Crippen LogP contribution is -2.41. The molecule has 1 aromatic rings. The van der Waals surface area contributed by atoms with Crippen molar-refractivity contribution in [2.24, 2.45) is 11.5 Å². The van der Waals surface area contributed by atoms with E-state index in [-0.39, 0.29) is 6.42 Å². The fourth-order valence-corrected chi connectivity index (χ4v) is 2.06. The van der Waals surface area contributed by atoms with Gasteiger partial charge in [0.15, 0.2) is 0 Å². The fourth-order valence-electron chi connectivity index (χ4n) is 2.06. The molecular formula is C13H18N2O2. The lowest BCUT2D eigenvalue weighted by atomic mass is 9.74. The monoisotopic (exact) mass is 234 g/mol. The molecule has 4 heteroatoms. The highest BCUT2D eigenvalue weighted by Crippen LogP contribution is 2.32. The first kappa shape index (κ1) is 13.2. The van der Waals surface area contributed by atoms with Crippen molar-refractivity contribution in [2.45, 2.75) is 31.6 Å². The third kappa shape index (κ3) is 2.84. The molecule has 0 heterocycles. The Morgan fingerprint density at radius 3 is 2.18 bits per heavy atom. The molecule has 1 unspecified atom stereocenters. The van der Waals surface area contributed by atoms with E-state index >= 15 is 0 Å². The van der Waals surface area contributed by atoms with Gasteiger partial charge in [0, 0.05) is 6.42 Å². The van der Waals surface area contributed by atoms with E-state index < -0.39 is 17.2 Å². The molecule has 0 saturated carbocycles. The van der Waals surface area contributed by atoms with Crippen LogP contribution in [0.3, 0.4) is 0 Å². The van der Waals surface area contributed by atoms with Crippen LogP contribution in [0.4, 0.5) is 0 Å². The lowest BCUT2D eigenvalue weighted by molar-refractivity contribution is -0.124. The number of carbonyl (C=O) groups excluding carboxylic acids is 2. The van der Waals surface area contributed by atoms with Crippen molar-refractivity contribution in [1.29, 1.82) is 0 Å². The number of hydrogen-bond acceptors (Lipinski definition) is 2. The average molecular weight is 234 g/mol. The zero-order chi connectivity index (χ0) is 12.9. The largest absolute Gasteiger partial charge is 0.370 e. The molecule has 4 nitrogen and oxygen atoms in total. The number of hydrogen-bond donors (Lipinski definition) is 2. The van der Waals surface area contributed by atoms with Crippen LogP contribution in [0.5, 0.6) is 0 Å². The van der Waals surface area contributed by atoms with Crippen molar-refractivity contribution in [3.05, 3.63) is 35.9 Å². The number of rotatable bonds is 6. The minimum atomic E-state index is -0.795. The van der Waals surface area contributed by atoms with Gasteiger partial charge in [0.05, 0.1) is 5.41 Å². The SMILES string of the molecule is CCC(CCC(N)=O)(C(N)=O)c1ccccc1. The normalized spacial score (nSPS) is 13.9. The highest BCUT2D eigenvalue weighted by Gasteiger charge is 2.36. The number of primary amides is 2. The highest BCUT2D eigenvalue weighted by molar-refractivity contribution is 5.87. The maximum atomic E-state index is 11.7. The molecule has 1 atom stereocenters. The van der Waals surface area contributed by atoms with E-state index in [0.29, 0.717) is 12.8 Å². The van der Waals surface area contributed by atoms with Gasteiger partial charge in [0.25, 0.3) is 0 Å². The number of benzene rings is 1. The molecule has 0 saturated heterocycles. The van der Waals surface area contributed by atoms with E-state index in [1.165, 1.54) is 0 Å². The Balaban J connectivity index is 3.09. The first-order chi connectivity index (χ1) is 8.03. The fraction of sp³-hybridized carbons (Fsp3) is 0.385. The van der Waals surface area contributed by atoms with Gasteiger partial charge in [0.2, 0.25) is 11.8 Å². The summed E-state index contributed by atoms with van der Waals surface area (Å²) < 4.78 is 0. The summed E-state index contributed by atoms with van der Waals surface area (Å²) in [4.78, 5) is 22.6. The molecule has 0 aromatic heterocycles. The summed E-state index contributed by atoms with van der Waals surface area (Å²) in [6, 6.07) is 9.30. The zero-order valence-corrected chi connectivity index (χ0v) is 9.98. The molecule has 0 radical (unpaired) electrons. The molecule has 0 aliphatic rings. The van der Waals surface area contributed by atoms with Gasteiger partial charge in [0.1, 0.15) is 0 Å². The summed E-state index contributed by atoms with van der Waals surface area (Å²) in [5.74, 6) is -0.826. The van der Waals surface area contributed by atoms with Crippen LogP contribution in [0.15, 0.2) is 30.3 Å². The summed E-state index contributed by atoms with van der Waals surface area (Å²) in [6.45, 7) is 1.89. The predicted molar refractivity (Wildman–Crippen MR) is 66.0 cm³/mol. The van der Waals surface area contributed by atoms with E-state index in [1.807, 2.05) is 37.3 Å². The second-order valence-corrected chi connectivity index (χ2v) is 4.13. The first-order valence-electron chi connectivity index (χ1n) is 5.66. The topological polar surface area (TPSA) is 86.2 Å². The van der Waals surface area contributed by atoms with Crippen molar-refractivity contribution < 1.29 is 9.59 Å². The molecule has 0 bridgehead atoms. The Labute approximate surface area is 101 Å². The van der Waals surface area contributed by atoms with Crippen LogP contribution >= 0.6 is 0 Å². The van der Waals surface area contributed by atoms with Gasteiger partial charge >= 0.3 is 0 Å². The van der Waals surface area contributed by atoms with Crippen LogP contribution in [-0.4, -0.2) is 11.8 Å². The van der Waals surface area contributed by atoms with Gasteiger partial charge in [-0.1, -0.05) is 37.3 Å². The Morgan fingerprint density at radius 2 is 1.76 bits per heavy atom. The maximum absolute atomic E-state index is 11.7. The molecular weight excluding hydrogens is 216 g/mol. The summed E-state index contributed by atoms with van der Waals surface area (Å²) in [6.07, 6.45) is 1.07. The number of carbonyl (C=O) groups is 2. The van der Waals surface area contributed by atoms with Gasteiger partial charge in [-0.3, -0.25) is 9.59 Å². The van der Waals surface area contributed by atoms with Gasteiger partial charge in [-0.25, -0.2) is 0 Å². The Hall–Kier alpha value is -1.84. The summed E-state index contributed by atoms with van der Waals surface area (Å²) in [7, 11) is 0. The quantitative estimate of drug-likeness (QED) is 0.771. The standard InChI is InChI=1S/C13H18N2O2/c1-2-13(12(15)17,9-8-11(14)16)10-6-4-3-5-7-10/h3-7H,2,8-9H2,1H3,(H2,14,16)(H2,15,17). The predicted octanol–water partition coefficient (Wildman–Crippen LogP) is 1.09. The summed E-state index contributed by atoms with van der Waals surface area (Å²) >= 11 is 0. The van der Waals surface area contributed by atoms with Crippen molar-refractivity contribution >= 4 is 11.8 Å². The van der Waals surface area contributed by atoms with Crippen LogP contribution < -0.4 is 11.5 Å². The molecule has 0 fully saturated rings. The minimum absolute atomic E-state index is 0.158. The smallest absolute Gasteiger partial charge is 0.228 e. The van der Waals surface area contributed by atoms with Crippen LogP contribution in [0.2, 0.25) is 0 Å². The van der Waals surface area contributed by atoms with Gasteiger partial charge < -0.3 is 11.5 Å². The summed E-state index contributed by atoms with van der Waals surface area (Å²) in [5, 5.41) is 0. The molecule has 4 N–H and O–H groups in total.